The van der Waals surface area contributed by atoms with E-state index in [1.165, 1.54) is 18.2 Å². The van der Waals surface area contributed by atoms with Crippen LogP contribution >= 0.6 is 0 Å². The van der Waals surface area contributed by atoms with Gasteiger partial charge in [-0.05, 0) is 30.5 Å². The maximum atomic E-state index is 14.5. The maximum absolute atomic E-state index is 14.5. The highest BCUT2D eigenvalue weighted by Crippen LogP contribution is 2.34. The van der Waals surface area contributed by atoms with Crippen molar-refractivity contribution in [2.45, 2.75) is 31.5 Å². The molecule has 2 atom stereocenters. The topological polar surface area (TPSA) is 79.6 Å². The fourth-order valence-corrected chi connectivity index (χ4v) is 4.25. The lowest BCUT2D eigenvalue weighted by atomic mass is 9.80. The Bertz CT molecular complexity index is 974. The third-order valence-electron chi connectivity index (χ3n) is 5.69. The van der Waals surface area contributed by atoms with Crippen molar-refractivity contribution in [3.05, 3.63) is 71.0 Å². The minimum atomic E-state index is -0.781. The number of ether oxygens (including phenoxy) is 2. The number of benzene rings is 2. The van der Waals surface area contributed by atoms with Gasteiger partial charge in [0.05, 0.1) is 36.4 Å². The molecule has 2 heterocycles. The molecular weight excluding hydrogens is 387 g/mol. The first-order chi connectivity index (χ1) is 14.6. The fourth-order valence-electron chi connectivity index (χ4n) is 4.25. The lowest BCUT2D eigenvalue weighted by molar-refractivity contribution is -0.0755. The summed E-state index contributed by atoms with van der Waals surface area (Å²) in [6.45, 7) is 0.786. The number of carbonyl (C=O) groups is 2. The Kier molecular flexibility index (Phi) is 5.77. The van der Waals surface area contributed by atoms with Gasteiger partial charge in [-0.15, -0.1) is 0 Å². The largest absolute Gasteiger partial charge is 0.445 e. The highest BCUT2D eigenvalue weighted by atomic mass is 19.1. The quantitative estimate of drug-likeness (QED) is 0.721. The summed E-state index contributed by atoms with van der Waals surface area (Å²) < 4.78 is 25.6. The monoisotopic (exact) mass is 408 g/mol. The summed E-state index contributed by atoms with van der Waals surface area (Å²) in [6.07, 6.45) is 0.304. The van der Waals surface area contributed by atoms with Gasteiger partial charge in [0.2, 0.25) is 0 Å². The molecule has 154 valence electrons. The van der Waals surface area contributed by atoms with Crippen LogP contribution in [0.3, 0.4) is 0 Å². The number of carbonyl (C=O) groups excluding carboxylic acids is 2. The Hall–Kier alpha value is -3.24. The zero-order chi connectivity index (χ0) is 21.1. The fraction of sp³-hybridized carbons (Fsp3) is 0.348. The lowest BCUT2D eigenvalue weighted by Gasteiger charge is -2.47. The van der Waals surface area contributed by atoms with Crippen LogP contribution in [0.2, 0.25) is 0 Å². The van der Waals surface area contributed by atoms with Crippen molar-refractivity contribution in [3.8, 4) is 6.07 Å². The molecule has 2 aliphatic rings. The van der Waals surface area contributed by atoms with Crippen LogP contribution in [0.25, 0.3) is 0 Å². The van der Waals surface area contributed by atoms with Crippen molar-refractivity contribution < 1.29 is 23.5 Å². The summed E-state index contributed by atoms with van der Waals surface area (Å²) >= 11 is 0. The Morgan fingerprint density at radius 2 is 1.80 bits per heavy atom. The second-order valence-corrected chi connectivity index (χ2v) is 7.60. The molecule has 30 heavy (non-hydrogen) atoms. The number of hydrogen-bond acceptors (Lipinski definition) is 5. The summed E-state index contributed by atoms with van der Waals surface area (Å²) in [7, 11) is 0. The van der Waals surface area contributed by atoms with Gasteiger partial charge in [0, 0.05) is 5.92 Å². The molecule has 2 unspecified atom stereocenters. The highest BCUT2D eigenvalue weighted by molar-refractivity contribution is 5.98. The molecule has 0 aromatic heterocycles. The van der Waals surface area contributed by atoms with Gasteiger partial charge >= 0.3 is 6.09 Å². The van der Waals surface area contributed by atoms with Crippen LogP contribution < -0.4 is 0 Å². The number of fused-ring (bicyclic) bond motifs is 2. The van der Waals surface area contributed by atoms with Gasteiger partial charge in [0.1, 0.15) is 12.7 Å². The van der Waals surface area contributed by atoms with Crippen LogP contribution in [-0.2, 0) is 16.1 Å². The summed E-state index contributed by atoms with van der Waals surface area (Å²) in [6, 6.07) is 14.8. The molecule has 0 N–H and O–H groups in total. The Labute approximate surface area is 173 Å². The Morgan fingerprint density at radius 3 is 2.47 bits per heavy atom. The van der Waals surface area contributed by atoms with Crippen molar-refractivity contribution in [1.29, 1.82) is 5.26 Å². The first-order valence-corrected chi connectivity index (χ1v) is 9.88. The molecule has 7 heteroatoms. The summed E-state index contributed by atoms with van der Waals surface area (Å²) in [5.41, 5.74) is 0.676. The first-order valence-electron chi connectivity index (χ1n) is 9.88. The van der Waals surface area contributed by atoms with Crippen molar-refractivity contribution in [1.82, 2.24) is 4.90 Å². The number of halogens is 1. The first kappa shape index (κ1) is 20.0. The zero-order valence-electron chi connectivity index (χ0n) is 16.3. The molecule has 2 aromatic carbocycles. The predicted molar refractivity (Wildman–Crippen MR) is 105 cm³/mol. The average Bonchev–Trinajstić information content (AvgIpc) is 2.77. The van der Waals surface area contributed by atoms with E-state index in [2.05, 4.69) is 0 Å². The van der Waals surface area contributed by atoms with Crippen LogP contribution in [0.1, 0.15) is 34.3 Å². The summed E-state index contributed by atoms with van der Waals surface area (Å²) in [5.74, 6) is -1.56. The molecule has 0 saturated carbocycles. The molecule has 4 rings (SSSR count). The normalized spacial score (nSPS) is 22.8. The van der Waals surface area contributed by atoms with E-state index in [9.17, 15) is 14.0 Å². The summed E-state index contributed by atoms with van der Waals surface area (Å²) in [4.78, 5) is 27.4. The molecule has 2 aliphatic heterocycles. The van der Waals surface area contributed by atoms with E-state index in [4.69, 9.17) is 14.7 Å². The standard InChI is InChI=1S/C23H21FN2O4/c24-21-16(11-25)7-4-8-20(21)22(27)17-9-18-13-29-14-19(10-17)26(18)23(28)30-12-15-5-2-1-3-6-15/h1-8,17-19H,9-10,12-14H2. The number of nitrogens with zero attached hydrogens (tertiary/aromatic N) is 2. The van der Waals surface area contributed by atoms with Crippen LogP contribution in [-0.4, -0.2) is 42.1 Å². The van der Waals surface area contributed by atoms with Crippen molar-refractivity contribution in [2.75, 3.05) is 13.2 Å². The number of amides is 1. The van der Waals surface area contributed by atoms with E-state index in [-0.39, 0.29) is 35.6 Å². The molecular formula is C23H21FN2O4. The van der Waals surface area contributed by atoms with E-state index in [0.29, 0.717) is 26.1 Å². The van der Waals surface area contributed by atoms with Crippen molar-refractivity contribution in [3.63, 3.8) is 0 Å². The van der Waals surface area contributed by atoms with Gasteiger partial charge in [-0.1, -0.05) is 36.4 Å². The third-order valence-corrected chi connectivity index (χ3v) is 5.69. The molecule has 2 aromatic rings. The van der Waals surface area contributed by atoms with Gasteiger partial charge < -0.3 is 9.47 Å². The van der Waals surface area contributed by atoms with Crippen molar-refractivity contribution >= 4 is 11.9 Å². The molecule has 6 nitrogen and oxygen atoms in total. The lowest BCUT2D eigenvalue weighted by Crippen LogP contribution is -2.60. The van der Waals surface area contributed by atoms with E-state index >= 15 is 0 Å². The van der Waals surface area contributed by atoms with Crippen LogP contribution in [0.5, 0.6) is 0 Å². The van der Waals surface area contributed by atoms with Crippen LogP contribution in [0.4, 0.5) is 9.18 Å². The van der Waals surface area contributed by atoms with E-state index in [1.807, 2.05) is 30.3 Å². The second kappa shape index (κ2) is 8.64. The molecule has 1 amide bonds. The number of nitriles is 1. The average molecular weight is 408 g/mol. The van der Waals surface area contributed by atoms with E-state index in [0.717, 1.165) is 5.56 Å². The highest BCUT2D eigenvalue weighted by Gasteiger charge is 2.44. The molecule has 0 aliphatic carbocycles. The zero-order valence-corrected chi connectivity index (χ0v) is 16.3. The van der Waals surface area contributed by atoms with Gasteiger partial charge in [0.25, 0.3) is 0 Å². The van der Waals surface area contributed by atoms with Crippen LogP contribution in [0, 0.1) is 23.1 Å². The number of ketones is 1. The van der Waals surface area contributed by atoms with Gasteiger partial charge in [-0.25, -0.2) is 9.18 Å². The molecule has 0 spiro atoms. The third kappa shape index (κ3) is 3.91. The molecule has 2 bridgehead atoms. The Morgan fingerprint density at radius 1 is 1.10 bits per heavy atom. The number of hydrogen-bond donors (Lipinski definition) is 0. The molecule has 2 fully saturated rings. The van der Waals surface area contributed by atoms with E-state index < -0.39 is 17.8 Å². The molecule has 2 saturated heterocycles. The number of Topliss-reactive ketones (excluding diaryl/α,β-unsaturated/α-hetero) is 1. The number of piperidine rings is 1. The van der Waals surface area contributed by atoms with E-state index in [1.54, 1.807) is 11.0 Å². The number of morpholine rings is 1. The van der Waals surface area contributed by atoms with Gasteiger partial charge in [-0.2, -0.15) is 5.26 Å². The van der Waals surface area contributed by atoms with Gasteiger partial charge in [0.15, 0.2) is 11.6 Å². The van der Waals surface area contributed by atoms with Gasteiger partial charge in [-0.3, -0.25) is 9.69 Å². The summed E-state index contributed by atoms with van der Waals surface area (Å²) in [5, 5.41) is 9.02. The SMILES string of the molecule is N#Cc1cccc(C(=O)C2CC3COCC(C2)N3C(=O)OCc2ccccc2)c1F. The Balaban J connectivity index is 1.46. The minimum absolute atomic E-state index is 0.0712. The second-order valence-electron chi connectivity index (χ2n) is 7.60. The smallest absolute Gasteiger partial charge is 0.410 e. The number of rotatable bonds is 4. The maximum Gasteiger partial charge on any atom is 0.410 e. The minimum Gasteiger partial charge on any atom is -0.445 e. The predicted octanol–water partition coefficient (Wildman–Crippen LogP) is 3.70. The van der Waals surface area contributed by atoms with Crippen molar-refractivity contribution in [2.24, 2.45) is 5.92 Å². The molecule has 0 radical (unpaired) electrons. The van der Waals surface area contributed by atoms with Crippen LogP contribution in [0.15, 0.2) is 48.5 Å².